The second-order valence-electron chi connectivity index (χ2n) is 4.68. The fraction of sp³-hybridized carbons (Fsp3) is 0.250. The van der Waals surface area contributed by atoms with Crippen molar-refractivity contribution in [2.75, 3.05) is 18.7 Å². The van der Waals surface area contributed by atoms with Gasteiger partial charge in [0.1, 0.15) is 11.4 Å². The zero-order valence-electron chi connectivity index (χ0n) is 12.7. The van der Waals surface area contributed by atoms with Crippen molar-refractivity contribution in [1.82, 2.24) is 0 Å². The molecule has 0 aliphatic heterocycles. The van der Waals surface area contributed by atoms with E-state index in [2.05, 4.69) is 0 Å². The number of allylic oxidation sites excluding steroid dienone is 3. The van der Waals surface area contributed by atoms with Gasteiger partial charge in [0.15, 0.2) is 6.61 Å². The number of benzene rings is 1. The molecule has 0 heterocycles. The third-order valence-electron chi connectivity index (χ3n) is 3.10. The Kier molecular flexibility index (Phi) is 5.76. The minimum Gasteiger partial charge on any atom is -0.482 e. The Morgan fingerprint density at radius 3 is 2.91 bits per heavy atom. The molecule has 0 bridgehead atoms. The van der Waals surface area contributed by atoms with Crippen molar-refractivity contribution in [3.05, 3.63) is 48.3 Å². The molecule has 3 N–H and O–H groups in total. The molecule has 7 heteroatoms. The molecule has 0 amide bonds. The Hall–Kier alpha value is -2.80. The van der Waals surface area contributed by atoms with Crippen LogP contribution in [0.5, 0.6) is 0 Å². The molecule has 0 fully saturated rings. The standard InChI is InChI=1S/C16H19N2O5/c1-2-22-16(19)11-23-13-7-5-6-12(10-13)18(21)15-9-4-3-8-14(15)17-20/h3-5,7-10,17,20-21H,2,6,11H2,1H3/q+1/b18-12-. The lowest BCUT2D eigenvalue weighted by atomic mass is 10.1. The van der Waals surface area contributed by atoms with Crippen LogP contribution in [-0.2, 0) is 14.3 Å². The predicted molar refractivity (Wildman–Crippen MR) is 83.0 cm³/mol. The molecule has 0 spiro atoms. The van der Waals surface area contributed by atoms with Crippen molar-refractivity contribution in [3.8, 4) is 0 Å². The van der Waals surface area contributed by atoms with Crippen LogP contribution in [0.15, 0.2) is 48.3 Å². The van der Waals surface area contributed by atoms with E-state index in [0.717, 1.165) is 4.74 Å². The van der Waals surface area contributed by atoms with E-state index >= 15 is 0 Å². The minimum atomic E-state index is -0.454. The molecule has 1 aliphatic carbocycles. The van der Waals surface area contributed by atoms with Crippen LogP contribution in [0, 0.1) is 0 Å². The van der Waals surface area contributed by atoms with E-state index in [1.807, 2.05) is 5.48 Å². The van der Waals surface area contributed by atoms with Crippen LogP contribution in [0.1, 0.15) is 13.3 Å². The largest absolute Gasteiger partial charge is 0.482 e. The van der Waals surface area contributed by atoms with E-state index in [9.17, 15) is 10.0 Å². The van der Waals surface area contributed by atoms with Crippen LogP contribution >= 0.6 is 0 Å². The van der Waals surface area contributed by atoms with Crippen molar-refractivity contribution in [1.29, 1.82) is 0 Å². The summed E-state index contributed by atoms with van der Waals surface area (Å²) in [5.41, 5.74) is 3.32. The third kappa shape index (κ3) is 4.33. The Labute approximate surface area is 133 Å². The second-order valence-corrected chi connectivity index (χ2v) is 4.68. The summed E-state index contributed by atoms with van der Waals surface area (Å²) in [4.78, 5) is 11.3. The summed E-state index contributed by atoms with van der Waals surface area (Å²) < 4.78 is 11.1. The zero-order chi connectivity index (χ0) is 16.7. The maximum atomic E-state index is 11.3. The monoisotopic (exact) mass is 319 g/mol. The van der Waals surface area contributed by atoms with Crippen molar-refractivity contribution in [2.24, 2.45) is 0 Å². The minimum absolute atomic E-state index is 0.197. The Morgan fingerprint density at radius 2 is 2.17 bits per heavy atom. The molecule has 1 aromatic carbocycles. The maximum Gasteiger partial charge on any atom is 0.344 e. The quantitative estimate of drug-likeness (QED) is 0.323. The van der Waals surface area contributed by atoms with Gasteiger partial charge in [0.2, 0.25) is 5.71 Å². The van der Waals surface area contributed by atoms with Crippen LogP contribution in [0.4, 0.5) is 11.4 Å². The van der Waals surface area contributed by atoms with Crippen LogP contribution in [0.3, 0.4) is 0 Å². The number of nitrogens with zero attached hydrogens (tertiary/aromatic N) is 1. The van der Waals surface area contributed by atoms with Gasteiger partial charge in [-0.05, 0) is 19.1 Å². The van der Waals surface area contributed by atoms with Gasteiger partial charge in [-0.1, -0.05) is 18.2 Å². The molecule has 0 atom stereocenters. The zero-order valence-corrected chi connectivity index (χ0v) is 12.7. The average Bonchev–Trinajstić information content (AvgIpc) is 2.60. The summed E-state index contributed by atoms with van der Waals surface area (Å²) in [5, 5.41) is 19.5. The van der Waals surface area contributed by atoms with E-state index in [0.29, 0.717) is 35.9 Å². The van der Waals surface area contributed by atoms with Crippen molar-refractivity contribution in [2.45, 2.75) is 13.3 Å². The molecule has 2 rings (SSSR count). The summed E-state index contributed by atoms with van der Waals surface area (Å²) in [5.74, 6) is -0.0163. The van der Waals surface area contributed by atoms with Gasteiger partial charge in [0.05, 0.1) is 19.1 Å². The first-order valence-corrected chi connectivity index (χ1v) is 7.16. The fourth-order valence-corrected chi connectivity index (χ4v) is 2.06. The average molecular weight is 319 g/mol. The van der Waals surface area contributed by atoms with Gasteiger partial charge in [-0.15, -0.1) is 0 Å². The van der Waals surface area contributed by atoms with Crippen LogP contribution in [-0.4, -0.2) is 40.0 Å². The van der Waals surface area contributed by atoms with Gasteiger partial charge >= 0.3 is 5.97 Å². The molecule has 7 nitrogen and oxygen atoms in total. The van der Waals surface area contributed by atoms with Gasteiger partial charge in [0.25, 0.3) is 5.69 Å². The molecule has 122 valence electrons. The number of anilines is 1. The molecular formula is C16H19N2O5+. The number of ether oxygens (including phenoxy) is 2. The number of para-hydroxylation sites is 2. The van der Waals surface area contributed by atoms with Crippen molar-refractivity contribution in [3.63, 3.8) is 0 Å². The van der Waals surface area contributed by atoms with Crippen LogP contribution < -0.4 is 5.48 Å². The second kappa shape index (κ2) is 8.00. The number of rotatable bonds is 6. The molecule has 0 aromatic heterocycles. The van der Waals surface area contributed by atoms with Gasteiger partial charge in [-0.3, -0.25) is 15.9 Å². The van der Waals surface area contributed by atoms with Crippen LogP contribution in [0.2, 0.25) is 0 Å². The number of hydrogen-bond acceptors (Lipinski definition) is 6. The molecule has 0 saturated carbocycles. The highest BCUT2D eigenvalue weighted by atomic mass is 16.6. The van der Waals surface area contributed by atoms with E-state index in [1.54, 1.807) is 49.4 Å². The van der Waals surface area contributed by atoms with E-state index in [4.69, 9.17) is 14.7 Å². The number of hydrogen-bond donors (Lipinski definition) is 3. The summed E-state index contributed by atoms with van der Waals surface area (Å²) in [6, 6.07) is 6.74. The molecule has 23 heavy (non-hydrogen) atoms. The van der Waals surface area contributed by atoms with Gasteiger partial charge in [-0.2, -0.15) is 0 Å². The smallest absolute Gasteiger partial charge is 0.344 e. The number of carbonyl (C=O) groups is 1. The topological polar surface area (TPSA) is 91.0 Å². The highest BCUT2D eigenvalue weighted by molar-refractivity contribution is 5.94. The Balaban J connectivity index is 2.18. The SMILES string of the molecule is CCOC(=O)COC1=C/C(=[N+](\O)c2ccccc2NO)CC=C1. The highest BCUT2D eigenvalue weighted by Gasteiger charge is 2.21. The molecule has 0 radical (unpaired) electrons. The molecule has 1 aromatic rings. The first-order valence-electron chi connectivity index (χ1n) is 7.16. The number of carbonyl (C=O) groups excluding carboxylic acids is 1. The lowest BCUT2D eigenvalue weighted by molar-refractivity contribution is -0.712. The third-order valence-corrected chi connectivity index (χ3v) is 3.10. The first kappa shape index (κ1) is 16.6. The van der Waals surface area contributed by atoms with Crippen LogP contribution in [0.25, 0.3) is 0 Å². The molecule has 0 saturated heterocycles. The highest BCUT2D eigenvalue weighted by Crippen LogP contribution is 2.24. The Morgan fingerprint density at radius 1 is 1.39 bits per heavy atom. The lowest BCUT2D eigenvalue weighted by Gasteiger charge is -2.09. The van der Waals surface area contributed by atoms with Crippen molar-refractivity contribution >= 4 is 23.1 Å². The van der Waals surface area contributed by atoms with E-state index < -0.39 is 5.97 Å². The fourth-order valence-electron chi connectivity index (χ4n) is 2.06. The molecular weight excluding hydrogens is 300 g/mol. The van der Waals surface area contributed by atoms with Gasteiger partial charge in [0, 0.05) is 10.8 Å². The number of nitrogens with one attached hydrogen (secondary N) is 1. The van der Waals surface area contributed by atoms with Gasteiger partial charge < -0.3 is 9.47 Å². The maximum absolute atomic E-state index is 11.3. The van der Waals surface area contributed by atoms with Gasteiger partial charge in [-0.25, -0.2) is 4.79 Å². The molecule has 1 aliphatic rings. The first-order chi connectivity index (χ1) is 11.2. The van der Waals surface area contributed by atoms with E-state index in [1.165, 1.54) is 0 Å². The Bertz CT molecular complexity index is 664. The van der Waals surface area contributed by atoms with Crippen molar-refractivity contribution < 1.29 is 29.4 Å². The lowest BCUT2D eigenvalue weighted by Crippen LogP contribution is -2.17. The summed E-state index contributed by atoms with van der Waals surface area (Å²) in [7, 11) is 0. The predicted octanol–water partition coefficient (Wildman–Crippen LogP) is 2.39. The molecule has 0 unspecified atom stereocenters. The summed E-state index contributed by atoms with van der Waals surface area (Å²) in [6.07, 6.45) is 5.61. The normalized spacial score (nSPS) is 15.7. The summed E-state index contributed by atoms with van der Waals surface area (Å²) in [6.45, 7) is 1.82. The van der Waals surface area contributed by atoms with E-state index in [-0.39, 0.29) is 6.61 Å². The summed E-state index contributed by atoms with van der Waals surface area (Å²) >= 11 is 0. The number of esters is 1.